The number of alkyl halides is 3. The number of esters is 1. The first-order chi connectivity index (χ1) is 8.49. The molecule has 0 fully saturated rings. The Hall–Kier alpha value is -1.11. The van der Waals surface area contributed by atoms with E-state index in [1.165, 1.54) is 0 Å². The third-order valence-corrected chi connectivity index (χ3v) is 2.68. The van der Waals surface area contributed by atoms with Gasteiger partial charge in [0.1, 0.15) is 11.5 Å². The van der Waals surface area contributed by atoms with Crippen molar-refractivity contribution in [2.45, 2.75) is 25.1 Å². The van der Waals surface area contributed by atoms with Crippen LogP contribution in [0.2, 0.25) is 0 Å². The SMILES string of the molecule is CCOC(=O)Cc1c(F)cc(C(F)F)nc1CBr. The van der Waals surface area contributed by atoms with Crippen molar-refractivity contribution in [1.29, 1.82) is 0 Å². The zero-order valence-corrected chi connectivity index (χ0v) is 11.1. The zero-order valence-electron chi connectivity index (χ0n) is 9.55. The van der Waals surface area contributed by atoms with Gasteiger partial charge in [0.25, 0.3) is 6.43 Å². The highest BCUT2D eigenvalue weighted by molar-refractivity contribution is 9.08. The average Bonchev–Trinajstić information content (AvgIpc) is 2.31. The zero-order chi connectivity index (χ0) is 13.7. The lowest BCUT2D eigenvalue weighted by molar-refractivity contribution is -0.142. The molecule has 3 nitrogen and oxygen atoms in total. The van der Waals surface area contributed by atoms with E-state index in [9.17, 15) is 18.0 Å². The molecule has 0 spiro atoms. The third kappa shape index (κ3) is 3.69. The van der Waals surface area contributed by atoms with E-state index in [1.807, 2.05) is 0 Å². The molecule has 1 aromatic rings. The summed E-state index contributed by atoms with van der Waals surface area (Å²) >= 11 is 3.03. The molecule has 1 aromatic heterocycles. The molecule has 0 unspecified atom stereocenters. The molecule has 0 aliphatic carbocycles. The second-order valence-electron chi connectivity index (χ2n) is 3.37. The fourth-order valence-corrected chi connectivity index (χ4v) is 1.84. The largest absolute Gasteiger partial charge is 0.466 e. The Morgan fingerprint density at radius 2 is 2.22 bits per heavy atom. The monoisotopic (exact) mass is 325 g/mol. The first-order valence-electron chi connectivity index (χ1n) is 5.17. The minimum absolute atomic E-state index is 0.0188. The summed E-state index contributed by atoms with van der Waals surface area (Å²) in [4.78, 5) is 14.9. The van der Waals surface area contributed by atoms with Crippen LogP contribution in [0.4, 0.5) is 13.2 Å². The number of hydrogen-bond donors (Lipinski definition) is 0. The molecule has 0 N–H and O–H groups in total. The number of rotatable bonds is 5. The Morgan fingerprint density at radius 3 is 2.72 bits per heavy atom. The van der Waals surface area contributed by atoms with Gasteiger partial charge in [-0.05, 0) is 6.92 Å². The molecule has 18 heavy (non-hydrogen) atoms. The van der Waals surface area contributed by atoms with Crippen molar-refractivity contribution in [2.75, 3.05) is 6.61 Å². The summed E-state index contributed by atoms with van der Waals surface area (Å²) in [5.41, 5.74) is -0.581. The fourth-order valence-electron chi connectivity index (χ4n) is 1.38. The van der Waals surface area contributed by atoms with Gasteiger partial charge >= 0.3 is 5.97 Å². The highest BCUT2D eigenvalue weighted by Gasteiger charge is 2.19. The quantitative estimate of drug-likeness (QED) is 0.616. The van der Waals surface area contributed by atoms with Gasteiger partial charge < -0.3 is 4.74 Å². The molecule has 0 radical (unpaired) electrons. The molecule has 0 aromatic carbocycles. The number of nitrogens with zero attached hydrogens (tertiary/aromatic N) is 1. The van der Waals surface area contributed by atoms with Gasteiger partial charge in [-0.1, -0.05) is 15.9 Å². The first-order valence-corrected chi connectivity index (χ1v) is 6.29. The Labute approximate surface area is 110 Å². The van der Waals surface area contributed by atoms with Gasteiger partial charge in [0.15, 0.2) is 0 Å². The number of carbonyl (C=O) groups excluding carboxylic acids is 1. The topological polar surface area (TPSA) is 39.2 Å². The molecule has 0 aliphatic heterocycles. The van der Waals surface area contributed by atoms with Gasteiger partial charge in [-0.25, -0.2) is 13.2 Å². The maximum Gasteiger partial charge on any atom is 0.310 e. The van der Waals surface area contributed by atoms with E-state index < -0.39 is 23.9 Å². The van der Waals surface area contributed by atoms with Crippen molar-refractivity contribution in [1.82, 2.24) is 4.98 Å². The lowest BCUT2D eigenvalue weighted by Crippen LogP contribution is -2.12. The van der Waals surface area contributed by atoms with Crippen LogP contribution in [-0.2, 0) is 21.3 Å². The van der Waals surface area contributed by atoms with E-state index in [0.29, 0.717) is 6.07 Å². The van der Waals surface area contributed by atoms with Crippen molar-refractivity contribution in [3.8, 4) is 0 Å². The minimum Gasteiger partial charge on any atom is -0.466 e. The summed E-state index contributed by atoms with van der Waals surface area (Å²) in [5, 5.41) is 0.0826. The second kappa shape index (κ2) is 6.72. The van der Waals surface area contributed by atoms with Gasteiger partial charge in [0, 0.05) is 17.0 Å². The summed E-state index contributed by atoms with van der Waals surface area (Å²) in [6.45, 7) is 1.80. The van der Waals surface area contributed by atoms with Crippen LogP contribution in [0.15, 0.2) is 6.07 Å². The number of pyridine rings is 1. The Balaban J connectivity index is 3.07. The maximum atomic E-state index is 13.7. The fraction of sp³-hybridized carbons (Fsp3) is 0.455. The van der Waals surface area contributed by atoms with Crippen LogP contribution in [0.25, 0.3) is 0 Å². The Bertz CT molecular complexity index is 441. The molecule has 0 saturated heterocycles. The summed E-state index contributed by atoms with van der Waals surface area (Å²) in [6.07, 6.45) is -3.18. The summed E-state index contributed by atoms with van der Waals surface area (Å²) in [5.74, 6) is -1.49. The van der Waals surface area contributed by atoms with Gasteiger partial charge in [0.2, 0.25) is 0 Å². The van der Waals surface area contributed by atoms with Crippen LogP contribution in [0, 0.1) is 5.82 Å². The molecular weight excluding hydrogens is 315 g/mol. The van der Waals surface area contributed by atoms with Crippen molar-refractivity contribution < 1.29 is 22.7 Å². The normalized spacial score (nSPS) is 10.8. The van der Waals surface area contributed by atoms with Crippen molar-refractivity contribution in [3.63, 3.8) is 0 Å². The number of carbonyl (C=O) groups is 1. The van der Waals surface area contributed by atoms with Crippen LogP contribution < -0.4 is 0 Å². The van der Waals surface area contributed by atoms with Crippen LogP contribution in [-0.4, -0.2) is 17.6 Å². The molecule has 100 valence electrons. The van der Waals surface area contributed by atoms with Crippen LogP contribution in [0.5, 0.6) is 0 Å². The van der Waals surface area contributed by atoms with Crippen LogP contribution >= 0.6 is 15.9 Å². The second-order valence-corrected chi connectivity index (χ2v) is 3.93. The van der Waals surface area contributed by atoms with Crippen molar-refractivity contribution in [2.24, 2.45) is 0 Å². The van der Waals surface area contributed by atoms with E-state index in [4.69, 9.17) is 0 Å². The van der Waals surface area contributed by atoms with Crippen LogP contribution in [0.3, 0.4) is 0 Å². The molecule has 7 heteroatoms. The molecule has 1 rings (SSSR count). The van der Waals surface area contributed by atoms with E-state index in [1.54, 1.807) is 6.92 Å². The molecule has 0 amide bonds. The lowest BCUT2D eigenvalue weighted by Gasteiger charge is -2.10. The number of hydrogen-bond acceptors (Lipinski definition) is 3. The third-order valence-electron chi connectivity index (χ3n) is 2.15. The molecular formula is C11H11BrF3NO2. The maximum absolute atomic E-state index is 13.7. The van der Waals surface area contributed by atoms with E-state index in [0.717, 1.165) is 0 Å². The highest BCUT2D eigenvalue weighted by atomic mass is 79.9. The van der Waals surface area contributed by atoms with Gasteiger partial charge in [-0.3, -0.25) is 9.78 Å². The minimum atomic E-state index is -2.85. The smallest absolute Gasteiger partial charge is 0.310 e. The summed E-state index contributed by atoms with van der Waals surface area (Å²) in [6, 6.07) is 0.644. The Kier molecular flexibility index (Phi) is 5.58. The highest BCUT2D eigenvalue weighted by Crippen LogP contribution is 2.23. The summed E-state index contributed by atoms with van der Waals surface area (Å²) < 4.78 is 43.2. The molecule has 0 atom stereocenters. The predicted octanol–water partition coefficient (Wildman–Crippen LogP) is 3.16. The molecule has 0 aliphatic rings. The molecule has 0 saturated carbocycles. The predicted molar refractivity (Wildman–Crippen MR) is 62.1 cm³/mol. The van der Waals surface area contributed by atoms with Gasteiger partial charge in [0.05, 0.1) is 18.7 Å². The van der Waals surface area contributed by atoms with Gasteiger partial charge in [-0.2, -0.15) is 0 Å². The molecule has 1 heterocycles. The number of aromatic nitrogens is 1. The number of halogens is 4. The number of ether oxygens (including phenoxy) is 1. The Morgan fingerprint density at radius 1 is 1.56 bits per heavy atom. The van der Waals surface area contributed by atoms with Crippen molar-refractivity contribution >= 4 is 21.9 Å². The van der Waals surface area contributed by atoms with E-state index in [2.05, 4.69) is 25.7 Å². The van der Waals surface area contributed by atoms with E-state index >= 15 is 0 Å². The van der Waals surface area contributed by atoms with E-state index in [-0.39, 0.29) is 29.6 Å². The van der Waals surface area contributed by atoms with Crippen LogP contribution in [0.1, 0.15) is 30.3 Å². The lowest BCUT2D eigenvalue weighted by atomic mass is 10.1. The summed E-state index contributed by atoms with van der Waals surface area (Å²) in [7, 11) is 0. The average molecular weight is 326 g/mol. The standard InChI is InChI=1S/C11H11BrF3NO2/c1-2-18-10(17)3-6-7(13)4-8(11(14)15)16-9(6)5-12/h4,11H,2-3,5H2,1H3. The first kappa shape index (κ1) is 14.9. The van der Waals surface area contributed by atoms with Gasteiger partial charge in [-0.15, -0.1) is 0 Å². The molecule has 0 bridgehead atoms. The van der Waals surface area contributed by atoms with Crippen molar-refractivity contribution in [3.05, 3.63) is 28.8 Å².